The fraction of sp³-hybridized carbons (Fsp3) is 0.348. The molecule has 1 aliphatic heterocycles. The lowest BCUT2D eigenvalue weighted by Gasteiger charge is -2.25. The maximum atomic E-state index is 12.9. The van der Waals surface area contributed by atoms with Gasteiger partial charge in [0.25, 0.3) is 11.7 Å². The number of benzene rings is 1. The standard InChI is InChI=1S/C23H26N2O5/c1-15(2)30-18-7-4-6-17(14-18)21(26)19-20(16-8-10-24-11-9-16)25(12-5-13-29-3)23(28)22(19)27/h4,6-11,14-15,20,26H,5,12-13H2,1-3H3/b21-19-. The van der Waals surface area contributed by atoms with Gasteiger partial charge in [0.05, 0.1) is 17.7 Å². The lowest BCUT2D eigenvalue weighted by atomic mass is 9.96. The Kier molecular flexibility index (Phi) is 6.84. The number of nitrogens with zero attached hydrogens (tertiary/aromatic N) is 2. The molecule has 1 N–H and O–H groups in total. The minimum atomic E-state index is -0.707. The van der Waals surface area contributed by atoms with Gasteiger partial charge in [-0.2, -0.15) is 0 Å². The number of hydrogen-bond donors (Lipinski definition) is 1. The van der Waals surface area contributed by atoms with Crippen molar-refractivity contribution in [1.29, 1.82) is 0 Å². The van der Waals surface area contributed by atoms with Gasteiger partial charge in [0.1, 0.15) is 11.5 Å². The molecule has 0 radical (unpaired) electrons. The Morgan fingerprint density at radius 3 is 2.60 bits per heavy atom. The third kappa shape index (κ3) is 4.52. The summed E-state index contributed by atoms with van der Waals surface area (Å²) in [5.74, 6) is -0.992. The Hall–Kier alpha value is -3.19. The Balaban J connectivity index is 2.07. The highest BCUT2D eigenvalue weighted by Crippen LogP contribution is 2.39. The molecule has 0 saturated carbocycles. The van der Waals surface area contributed by atoms with Gasteiger partial charge in [0.2, 0.25) is 0 Å². The first kappa shape index (κ1) is 21.5. The molecule has 0 aliphatic carbocycles. The number of likely N-dealkylation sites (tertiary alicyclic amines) is 1. The van der Waals surface area contributed by atoms with Gasteiger partial charge in [-0.15, -0.1) is 0 Å². The normalized spacial score (nSPS) is 18.3. The first-order valence-corrected chi connectivity index (χ1v) is 9.88. The molecule has 2 aromatic rings. The lowest BCUT2D eigenvalue weighted by Crippen LogP contribution is -2.31. The lowest BCUT2D eigenvalue weighted by molar-refractivity contribution is -0.140. The summed E-state index contributed by atoms with van der Waals surface area (Å²) in [6.45, 7) is 4.60. The zero-order valence-electron chi connectivity index (χ0n) is 17.4. The van der Waals surface area contributed by atoms with Gasteiger partial charge in [-0.3, -0.25) is 14.6 Å². The van der Waals surface area contributed by atoms with Gasteiger partial charge in [-0.05, 0) is 50.1 Å². The van der Waals surface area contributed by atoms with E-state index in [0.29, 0.717) is 36.4 Å². The maximum Gasteiger partial charge on any atom is 0.295 e. The predicted octanol–water partition coefficient (Wildman–Crippen LogP) is 3.33. The molecule has 30 heavy (non-hydrogen) atoms. The molecule has 1 saturated heterocycles. The molecule has 7 nitrogen and oxygen atoms in total. The van der Waals surface area contributed by atoms with Gasteiger partial charge >= 0.3 is 0 Å². The molecular formula is C23H26N2O5. The molecular weight excluding hydrogens is 384 g/mol. The van der Waals surface area contributed by atoms with Crippen molar-refractivity contribution in [2.75, 3.05) is 20.3 Å². The van der Waals surface area contributed by atoms with Crippen molar-refractivity contribution in [1.82, 2.24) is 9.88 Å². The minimum Gasteiger partial charge on any atom is -0.507 e. The number of aliphatic hydroxyl groups is 1. The molecule has 158 valence electrons. The Labute approximate surface area is 175 Å². The molecule has 1 aromatic carbocycles. The van der Waals surface area contributed by atoms with Crippen LogP contribution in [0.2, 0.25) is 0 Å². The number of ketones is 1. The molecule has 1 aromatic heterocycles. The Bertz CT molecular complexity index is 940. The average molecular weight is 410 g/mol. The summed E-state index contributed by atoms with van der Waals surface area (Å²) in [7, 11) is 1.58. The second kappa shape index (κ2) is 9.54. The minimum absolute atomic E-state index is 0.0365. The third-order valence-electron chi connectivity index (χ3n) is 4.79. The molecule has 1 unspecified atom stereocenters. The average Bonchev–Trinajstić information content (AvgIpc) is 2.99. The summed E-state index contributed by atoms with van der Waals surface area (Å²) < 4.78 is 10.8. The fourth-order valence-corrected chi connectivity index (χ4v) is 3.53. The number of aromatic nitrogens is 1. The van der Waals surface area contributed by atoms with Crippen LogP contribution in [0.5, 0.6) is 5.75 Å². The monoisotopic (exact) mass is 410 g/mol. The van der Waals surface area contributed by atoms with E-state index in [1.807, 2.05) is 13.8 Å². The topological polar surface area (TPSA) is 89.0 Å². The summed E-state index contributed by atoms with van der Waals surface area (Å²) >= 11 is 0. The fourth-order valence-electron chi connectivity index (χ4n) is 3.53. The van der Waals surface area contributed by atoms with Gasteiger partial charge in [0, 0.05) is 38.2 Å². The summed E-state index contributed by atoms with van der Waals surface area (Å²) in [5, 5.41) is 11.1. The number of Topliss-reactive ketones (excluding diaryl/α,β-unsaturated/α-hetero) is 1. The van der Waals surface area contributed by atoms with E-state index in [4.69, 9.17) is 9.47 Å². The van der Waals surface area contributed by atoms with Crippen molar-refractivity contribution in [2.45, 2.75) is 32.4 Å². The van der Waals surface area contributed by atoms with E-state index in [1.165, 1.54) is 4.90 Å². The zero-order valence-corrected chi connectivity index (χ0v) is 17.4. The van der Waals surface area contributed by atoms with Crippen LogP contribution in [0.15, 0.2) is 54.4 Å². The molecule has 7 heteroatoms. The highest BCUT2D eigenvalue weighted by molar-refractivity contribution is 6.46. The molecule has 0 spiro atoms. The highest BCUT2D eigenvalue weighted by Gasteiger charge is 2.45. The number of hydrogen-bond acceptors (Lipinski definition) is 6. The summed E-state index contributed by atoms with van der Waals surface area (Å²) in [6, 6.07) is 9.65. The van der Waals surface area contributed by atoms with Gasteiger partial charge in [0.15, 0.2) is 0 Å². The van der Waals surface area contributed by atoms with Gasteiger partial charge in [-0.1, -0.05) is 12.1 Å². The number of aliphatic hydroxyl groups excluding tert-OH is 1. The van der Waals surface area contributed by atoms with Gasteiger partial charge < -0.3 is 19.5 Å². The van der Waals surface area contributed by atoms with Crippen LogP contribution < -0.4 is 4.74 Å². The number of ether oxygens (including phenoxy) is 2. The van der Waals surface area contributed by atoms with Crippen LogP contribution in [0.3, 0.4) is 0 Å². The largest absolute Gasteiger partial charge is 0.507 e. The summed E-state index contributed by atoms with van der Waals surface area (Å²) in [6.07, 6.45) is 3.73. The number of amides is 1. The maximum absolute atomic E-state index is 12.9. The van der Waals surface area contributed by atoms with E-state index < -0.39 is 17.7 Å². The molecule has 2 heterocycles. The molecule has 1 atom stereocenters. The molecule has 3 rings (SSSR count). The smallest absolute Gasteiger partial charge is 0.295 e. The van der Waals surface area contributed by atoms with Crippen molar-refractivity contribution < 1.29 is 24.2 Å². The first-order chi connectivity index (χ1) is 14.4. The van der Waals surface area contributed by atoms with Crippen LogP contribution in [0.25, 0.3) is 5.76 Å². The number of pyridine rings is 1. The van der Waals surface area contributed by atoms with Crippen LogP contribution in [-0.4, -0.2) is 53.0 Å². The highest BCUT2D eigenvalue weighted by atomic mass is 16.5. The molecule has 1 aliphatic rings. The Morgan fingerprint density at radius 2 is 1.93 bits per heavy atom. The Morgan fingerprint density at radius 1 is 1.20 bits per heavy atom. The first-order valence-electron chi connectivity index (χ1n) is 9.88. The predicted molar refractivity (Wildman–Crippen MR) is 112 cm³/mol. The van der Waals surface area contributed by atoms with Crippen LogP contribution in [0, 0.1) is 0 Å². The number of rotatable bonds is 8. The summed E-state index contributed by atoms with van der Waals surface area (Å²) in [4.78, 5) is 31.2. The van der Waals surface area contributed by atoms with E-state index in [-0.39, 0.29) is 17.4 Å². The van der Waals surface area contributed by atoms with Crippen LogP contribution in [0.1, 0.15) is 37.4 Å². The van der Waals surface area contributed by atoms with Crippen molar-refractivity contribution >= 4 is 17.4 Å². The van der Waals surface area contributed by atoms with E-state index in [1.54, 1.807) is 55.9 Å². The van der Waals surface area contributed by atoms with Crippen molar-refractivity contribution in [3.05, 3.63) is 65.5 Å². The molecule has 0 bridgehead atoms. The van der Waals surface area contributed by atoms with Gasteiger partial charge in [-0.25, -0.2) is 0 Å². The van der Waals surface area contributed by atoms with Crippen molar-refractivity contribution in [3.8, 4) is 5.75 Å². The summed E-state index contributed by atoms with van der Waals surface area (Å²) in [5.41, 5.74) is 1.19. The zero-order chi connectivity index (χ0) is 21.7. The van der Waals surface area contributed by atoms with Crippen LogP contribution >= 0.6 is 0 Å². The van der Waals surface area contributed by atoms with Crippen molar-refractivity contribution in [2.24, 2.45) is 0 Å². The SMILES string of the molecule is COCCCN1C(=O)C(=O)/C(=C(\O)c2cccc(OC(C)C)c2)C1c1ccncc1. The number of methoxy groups -OCH3 is 1. The second-order valence-electron chi connectivity index (χ2n) is 7.31. The number of carbonyl (C=O) groups is 2. The van der Waals surface area contributed by atoms with E-state index in [0.717, 1.165) is 0 Å². The van der Waals surface area contributed by atoms with Crippen molar-refractivity contribution in [3.63, 3.8) is 0 Å². The van der Waals surface area contributed by atoms with E-state index in [2.05, 4.69) is 4.98 Å². The molecule has 1 fully saturated rings. The second-order valence-corrected chi connectivity index (χ2v) is 7.31. The quantitative estimate of drug-likeness (QED) is 0.311. The molecule has 1 amide bonds. The van der Waals surface area contributed by atoms with Crippen LogP contribution in [0.4, 0.5) is 0 Å². The third-order valence-corrected chi connectivity index (χ3v) is 4.79. The van der Waals surface area contributed by atoms with E-state index >= 15 is 0 Å². The van der Waals surface area contributed by atoms with E-state index in [9.17, 15) is 14.7 Å². The van der Waals surface area contributed by atoms with Crippen LogP contribution in [-0.2, 0) is 14.3 Å². The number of carbonyl (C=O) groups excluding carboxylic acids is 2.